The average molecular weight is 420 g/mol. The number of hydrogen-bond acceptors (Lipinski definition) is 4. The van der Waals surface area contributed by atoms with Crippen LogP contribution in [0, 0.1) is 5.82 Å². The summed E-state index contributed by atoms with van der Waals surface area (Å²) in [4.78, 5) is 12.8. The van der Waals surface area contributed by atoms with Crippen LogP contribution in [0.15, 0.2) is 79.0 Å². The third-order valence-corrected chi connectivity index (χ3v) is 5.51. The molecule has 4 N–H and O–H groups in total. The molecule has 0 unspecified atom stereocenters. The largest absolute Gasteiger partial charge is 0.399 e. The average Bonchev–Trinajstić information content (AvgIpc) is 3.43. The molecule has 0 aliphatic heterocycles. The van der Waals surface area contributed by atoms with Crippen LogP contribution in [0.1, 0.15) is 0 Å². The molecule has 0 atom stereocenters. The second-order valence-electron chi connectivity index (χ2n) is 7.60. The van der Waals surface area contributed by atoms with Gasteiger partial charge in [0.2, 0.25) is 0 Å². The van der Waals surface area contributed by atoms with E-state index in [0.29, 0.717) is 11.4 Å². The highest BCUT2D eigenvalue weighted by molar-refractivity contribution is 5.99. The van der Waals surface area contributed by atoms with Crippen LogP contribution in [0.3, 0.4) is 0 Å². The highest BCUT2D eigenvalue weighted by Gasteiger charge is 2.16. The van der Waals surface area contributed by atoms with E-state index in [0.717, 1.165) is 50.1 Å². The van der Waals surface area contributed by atoms with Crippen LogP contribution in [-0.2, 0) is 0 Å². The van der Waals surface area contributed by atoms with Gasteiger partial charge in [0.25, 0.3) is 0 Å². The van der Waals surface area contributed by atoms with Crippen molar-refractivity contribution in [2.45, 2.75) is 0 Å². The number of rotatable bonds is 3. The molecule has 0 aliphatic carbocycles. The number of nitrogens with one attached hydrogen (secondary N) is 2. The Balaban J connectivity index is 1.50. The lowest BCUT2D eigenvalue weighted by Gasteiger charge is -2.02. The highest BCUT2D eigenvalue weighted by Crippen LogP contribution is 2.33. The lowest BCUT2D eigenvalue weighted by Crippen LogP contribution is -1.88. The third kappa shape index (κ3) is 2.99. The molecule has 0 radical (unpaired) electrons. The lowest BCUT2D eigenvalue weighted by molar-refractivity contribution is 0.628. The molecule has 0 aliphatic rings. The van der Waals surface area contributed by atoms with E-state index in [4.69, 9.17) is 10.7 Å². The predicted octanol–water partition coefficient (Wildman–Crippen LogP) is 5.56. The number of halogens is 1. The number of benzene rings is 2. The number of anilines is 1. The smallest absolute Gasteiger partial charge is 0.135 e. The van der Waals surface area contributed by atoms with Gasteiger partial charge in [-0.1, -0.05) is 12.1 Å². The Morgan fingerprint density at radius 2 is 1.69 bits per heavy atom. The normalized spacial score (nSPS) is 11.4. The Kier molecular flexibility index (Phi) is 4.01. The van der Waals surface area contributed by atoms with Gasteiger partial charge in [0.15, 0.2) is 0 Å². The summed E-state index contributed by atoms with van der Waals surface area (Å²) in [6.45, 7) is 0. The molecule has 6 nitrogen and oxygen atoms in total. The summed E-state index contributed by atoms with van der Waals surface area (Å²) in [6, 6.07) is 21.8. The van der Waals surface area contributed by atoms with Crippen molar-refractivity contribution < 1.29 is 4.39 Å². The van der Waals surface area contributed by atoms with Crippen molar-refractivity contribution in [1.29, 1.82) is 0 Å². The molecule has 0 amide bonds. The molecular formula is C25H17FN6. The quantitative estimate of drug-likeness (QED) is 0.327. The van der Waals surface area contributed by atoms with E-state index in [1.54, 1.807) is 18.3 Å². The summed E-state index contributed by atoms with van der Waals surface area (Å²) in [5.41, 5.74) is 14.1. The fraction of sp³-hybridized carbons (Fsp3) is 0. The van der Waals surface area contributed by atoms with Gasteiger partial charge < -0.3 is 10.7 Å². The number of fused-ring (bicyclic) bond motifs is 2. The fourth-order valence-corrected chi connectivity index (χ4v) is 3.96. The molecule has 6 rings (SSSR count). The third-order valence-electron chi connectivity index (χ3n) is 5.51. The maximum absolute atomic E-state index is 13.4. The highest BCUT2D eigenvalue weighted by atomic mass is 19.1. The molecule has 32 heavy (non-hydrogen) atoms. The van der Waals surface area contributed by atoms with E-state index in [9.17, 15) is 4.39 Å². The van der Waals surface area contributed by atoms with Crippen LogP contribution >= 0.6 is 0 Å². The van der Waals surface area contributed by atoms with Crippen molar-refractivity contribution in [2.24, 2.45) is 0 Å². The maximum atomic E-state index is 13.4. The first kappa shape index (κ1) is 18.3. The molecule has 2 aromatic carbocycles. The molecule has 0 saturated heterocycles. The Bertz CT molecular complexity index is 1600. The minimum atomic E-state index is -0.277. The zero-order valence-corrected chi connectivity index (χ0v) is 16.8. The van der Waals surface area contributed by atoms with Gasteiger partial charge in [0.05, 0.1) is 22.6 Å². The standard InChI is InChI=1S/C25H17FN6/c26-16-6-4-14(5-7-16)23-18-13-22(29-20(18)10-11-28-23)25-24-21(31-32-25)9-8-19(30-24)15-2-1-3-17(27)12-15/h1-13,29H,27H2,(H,31,32). The van der Waals surface area contributed by atoms with E-state index in [1.165, 1.54) is 12.1 Å². The number of hydrogen-bond donors (Lipinski definition) is 3. The number of H-pyrrole nitrogens is 2. The van der Waals surface area contributed by atoms with E-state index in [2.05, 4.69) is 20.2 Å². The molecule has 0 bridgehead atoms. The van der Waals surface area contributed by atoms with Gasteiger partial charge in [-0.3, -0.25) is 10.1 Å². The van der Waals surface area contributed by atoms with Crippen molar-refractivity contribution >= 4 is 27.6 Å². The predicted molar refractivity (Wildman–Crippen MR) is 124 cm³/mol. The molecule has 0 fully saturated rings. The van der Waals surface area contributed by atoms with Crippen LogP contribution in [0.5, 0.6) is 0 Å². The minimum absolute atomic E-state index is 0.277. The Labute approximate surface area is 182 Å². The first-order chi connectivity index (χ1) is 15.7. The summed E-state index contributed by atoms with van der Waals surface area (Å²) in [5, 5.41) is 8.50. The number of nitrogens with two attached hydrogens (primary N) is 1. The van der Waals surface area contributed by atoms with Crippen LogP contribution in [0.2, 0.25) is 0 Å². The number of aromatic amines is 2. The van der Waals surface area contributed by atoms with E-state index in [-0.39, 0.29) is 5.82 Å². The fourth-order valence-electron chi connectivity index (χ4n) is 3.96. The zero-order chi connectivity index (χ0) is 21.7. The summed E-state index contributed by atoms with van der Waals surface area (Å²) in [5.74, 6) is -0.277. The van der Waals surface area contributed by atoms with Gasteiger partial charge in [-0.05, 0) is 60.7 Å². The van der Waals surface area contributed by atoms with Crippen molar-refractivity contribution in [1.82, 2.24) is 25.1 Å². The van der Waals surface area contributed by atoms with Crippen LogP contribution in [-0.4, -0.2) is 25.1 Å². The summed E-state index contributed by atoms with van der Waals surface area (Å²) < 4.78 is 13.4. The molecule has 0 spiro atoms. The van der Waals surface area contributed by atoms with Gasteiger partial charge in [0.1, 0.15) is 17.0 Å². The van der Waals surface area contributed by atoms with Gasteiger partial charge >= 0.3 is 0 Å². The lowest BCUT2D eigenvalue weighted by atomic mass is 10.1. The number of pyridine rings is 2. The number of nitrogens with zero attached hydrogens (tertiary/aromatic N) is 3. The summed E-state index contributed by atoms with van der Waals surface area (Å²) in [6.07, 6.45) is 1.74. The zero-order valence-electron chi connectivity index (χ0n) is 16.8. The monoisotopic (exact) mass is 420 g/mol. The van der Waals surface area contributed by atoms with Crippen LogP contribution in [0.25, 0.3) is 55.8 Å². The topological polar surface area (TPSA) is 96.3 Å². The Hall–Kier alpha value is -4.52. The van der Waals surface area contributed by atoms with Gasteiger partial charge in [-0.25, -0.2) is 9.37 Å². The molecule has 4 heterocycles. The first-order valence-electron chi connectivity index (χ1n) is 10.1. The summed E-state index contributed by atoms with van der Waals surface area (Å²) in [7, 11) is 0. The van der Waals surface area contributed by atoms with Crippen LogP contribution in [0.4, 0.5) is 10.1 Å². The second-order valence-corrected chi connectivity index (χ2v) is 7.60. The second kappa shape index (κ2) is 7.02. The van der Waals surface area contributed by atoms with Crippen molar-refractivity contribution in [3.63, 3.8) is 0 Å². The van der Waals surface area contributed by atoms with Gasteiger partial charge in [-0.15, -0.1) is 0 Å². The van der Waals surface area contributed by atoms with Crippen molar-refractivity contribution in [2.75, 3.05) is 5.73 Å². The SMILES string of the molecule is Nc1cccc(-c2ccc3[nH]nc(-c4cc5c(-c6ccc(F)cc6)nccc5[nH]4)c3n2)c1. The minimum Gasteiger partial charge on any atom is -0.399 e. The van der Waals surface area contributed by atoms with E-state index in [1.807, 2.05) is 48.5 Å². The van der Waals surface area contributed by atoms with Gasteiger partial charge in [-0.2, -0.15) is 5.10 Å². The van der Waals surface area contributed by atoms with Crippen molar-refractivity contribution in [3.8, 4) is 33.9 Å². The molecular weight excluding hydrogens is 403 g/mol. The maximum Gasteiger partial charge on any atom is 0.135 e. The molecule has 7 heteroatoms. The molecule has 6 aromatic rings. The Morgan fingerprint density at radius 3 is 2.53 bits per heavy atom. The summed E-state index contributed by atoms with van der Waals surface area (Å²) >= 11 is 0. The molecule has 4 aromatic heterocycles. The number of nitrogen functional groups attached to an aromatic ring is 1. The Morgan fingerprint density at radius 1 is 0.812 bits per heavy atom. The molecule has 0 saturated carbocycles. The van der Waals surface area contributed by atoms with Crippen LogP contribution < -0.4 is 5.73 Å². The van der Waals surface area contributed by atoms with Crippen molar-refractivity contribution in [3.05, 3.63) is 84.8 Å². The van der Waals surface area contributed by atoms with E-state index >= 15 is 0 Å². The number of aromatic nitrogens is 5. The van der Waals surface area contributed by atoms with E-state index < -0.39 is 0 Å². The van der Waals surface area contributed by atoms with Gasteiger partial charge in [0, 0.05) is 33.9 Å². The molecule has 154 valence electrons. The first-order valence-corrected chi connectivity index (χ1v) is 10.1.